The van der Waals surface area contributed by atoms with Crippen LogP contribution in [-0.4, -0.2) is 64.2 Å². The van der Waals surface area contributed by atoms with E-state index in [1.807, 2.05) is 81.4 Å². The quantitative estimate of drug-likeness (QED) is 0.0635. The van der Waals surface area contributed by atoms with E-state index in [9.17, 15) is 9.90 Å². The third-order valence-corrected chi connectivity index (χ3v) is 8.37. The van der Waals surface area contributed by atoms with Crippen molar-refractivity contribution >= 4 is 29.4 Å². The lowest BCUT2D eigenvalue weighted by atomic mass is 10.0. The summed E-state index contributed by atoms with van der Waals surface area (Å²) in [5, 5.41) is 10.4. The topological polar surface area (TPSA) is 74.6 Å². The average molecular weight is 750 g/mol. The second-order valence-corrected chi connectivity index (χ2v) is 15.2. The minimum atomic E-state index is -1.28. The van der Waals surface area contributed by atoms with E-state index in [-0.39, 0.29) is 0 Å². The molecule has 0 bridgehead atoms. The Kier molecular flexibility index (Phi) is 21.2. The summed E-state index contributed by atoms with van der Waals surface area (Å²) in [4.78, 5) is 19.9. The number of ether oxygens (including phenoxy) is 2. The number of hydrogen-bond acceptors (Lipinski definition) is 7. The number of methoxy groups -OCH3 is 1. The van der Waals surface area contributed by atoms with Crippen molar-refractivity contribution in [2.45, 2.75) is 78.0 Å². The molecule has 0 aliphatic carbocycles. The van der Waals surface area contributed by atoms with Crippen molar-refractivity contribution in [2.75, 3.05) is 26.7 Å². The third kappa shape index (κ3) is 18.2. The van der Waals surface area contributed by atoms with Gasteiger partial charge in [-0.3, -0.25) is 4.90 Å². The number of terminal acetylenes is 2. The lowest BCUT2D eigenvalue weighted by molar-refractivity contribution is -0.0827. The molecule has 1 N–H and O–H groups in total. The fraction of sp³-hybridized carbons (Fsp3) is 0.348. The molecule has 0 spiro atoms. The van der Waals surface area contributed by atoms with Crippen LogP contribution in [0.5, 0.6) is 5.75 Å². The van der Waals surface area contributed by atoms with Gasteiger partial charge in [-0.25, -0.2) is 14.1 Å². The zero-order valence-corrected chi connectivity index (χ0v) is 34.3. The van der Waals surface area contributed by atoms with Crippen molar-refractivity contribution in [3.8, 4) is 31.4 Å². The van der Waals surface area contributed by atoms with Crippen molar-refractivity contribution in [1.29, 1.82) is 0 Å². The van der Waals surface area contributed by atoms with Gasteiger partial charge in [0.15, 0.2) is 0 Å². The predicted molar refractivity (Wildman–Crippen MR) is 228 cm³/mol. The number of carbonyl (C=O) groups excluding carboxylic acids is 1. The fourth-order valence-electron chi connectivity index (χ4n) is 4.91. The van der Waals surface area contributed by atoms with Crippen LogP contribution >= 0.6 is 11.9 Å². The molecule has 4 aromatic rings. The highest BCUT2D eigenvalue weighted by Crippen LogP contribution is 2.27. The minimum Gasteiger partial charge on any atom is -0.497 e. The van der Waals surface area contributed by atoms with Gasteiger partial charge in [0.1, 0.15) is 17.1 Å². The Balaban J connectivity index is 0.000000512. The Hall–Kier alpha value is -4.99. The molecular formula is C46H59N3O4S. The number of carbonyl (C=O) groups is 1. The van der Waals surface area contributed by atoms with Crippen LogP contribution in [0.4, 0.5) is 10.5 Å². The number of hydrogen-bond donors (Lipinski definition) is 1. The lowest BCUT2D eigenvalue weighted by Crippen LogP contribution is -2.50. The van der Waals surface area contributed by atoms with Crippen LogP contribution in [0.2, 0.25) is 0 Å². The summed E-state index contributed by atoms with van der Waals surface area (Å²) >= 11 is 1.69. The second kappa shape index (κ2) is 24.3. The highest BCUT2D eigenvalue weighted by atomic mass is 32.2. The highest BCUT2D eigenvalue weighted by molar-refractivity contribution is 7.97. The molecule has 0 fully saturated rings. The van der Waals surface area contributed by atoms with Gasteiger partial charge in [0.05, 0.1) is 18.5 Å². The van der Waals surface area contributed by atoms with Crippen LogP contribution in [0.1, 0.15) is 71.6 Å². The molecule has 4 rings (SSSR count). The Labute approximate surface area is 330 Å². The van der Waals surface area contributed by atoms with E-state index in [0.29, 0.717) is 12.5 Å². The molecule has 54 heavy (non-hydrogen) atoms. The molecule has 1 amide bonds. The first-order chi connectivity index (χ1) is 25.6. The number of amides is 1. The number of rotatable bonds is 13. The summed E-state index contributed by atoms with van der Waals surface area (Å²) in [6.07, 6.45) is 16.2. The van der Waals surface area contributed by atoms with Crippen LogP contribution in [0.15, 0.2) is 119 Å². The number of benzene rings is 4. The zero-order valence-electron chi connectivity index (χ0n) is 33.5. The standard InChI is InChI=1S/C22H38N2O4S.C20H17N.2C2H2/c1-17(2)16-23(29-19-12-10-18(27-8)11-13-19)14-9-15-24(22(6,7)26)20(25)28-21(3,4)5;1-16-12-14-19(15-13-16)21-20(17-8-4-2-5-9-17)18-10-6-3-7-11-18;2*1-2/h10-13,17,26H,9,14-16H2,1-8H3;2-15H,1H3;2*1-2H. The molecule has 0 unspecified atom stereocenters. The van der Waals surface area contributed by atoms with E-state index in [4.69, 9.17) is 14.5 Å². The van der Waals surface area contributed by atoms with Crippen molar-refractivity contribution < 1.29 is 19.4 Å². The molecule has 288 valence electrons. The second-order valence-electron chi connectivity index (χ2n) is 14.1. The largest absolute Gasteiger partial charge is 0.497 e. The molecule has 7 nitrogen and oxygen atoms in total. The van der Waals surface area contributed by atoms with Gasteiger partial charge in [-0.05, 0) is 102 Å². The van der Waals surface area contributed by atoms with Crippen molar-refractivity contribution in [3.05, 3.63) is 126 Å². The molecule has 8 heteroatoms. The SMILES string of the molecule is C#C.C#C.COc1ccc(SN(CCCN(C(=O)OC(C)(C)C)C(C)(C)O)CC(C)C)cc1.Cc1ccc(N=C(c2ccccc2)c2ccccc2)cc1. The van der Waals surface area contributed by atoms with Gasteiger partial charge >= 0.3 is 6.09 Å². The van der Waals surface area contributed by atoms with E-state index < -0.39 is 17.4 Å². The summed E-state index contributed by atoms with van der Waals surface area (Å²) < 4.78 is 13.0. The van der Waals surface area contributed by atoms with Crippen molar-refractivity contribution in [1.82, 2.24) is 9.21 Å². The van der Waals surface area contributed by atoms with Crippen LogP contribution in [-0.2, 0) is 4.74 Å². The highest BCUT2D eigenvalue weighted by Gasteiger charge is 2.32. The van der Waals surface area contributed by atoms with Crippen LogP contribution in [0.25, 0.3) is 0 Å². The monoisotopic (exact) mass is 749 g/mol. The first-order valence-electron chi connectivity index (χ1n) is 17.9. The van der Waals surface area contributed by atoms with Gasteiger partial charge in [0.25, 0.3) is 0 Å². The molecule has 0 aliphatic heterocycles. The number of aliphatic hydroxyl groups is 1. The van der Waals surface area contributed by atoms with E-state index >= 15 is 0 Å². The molecule has 0 atom stereocenters. The van der Waals surface area contributed by atoms with Gasteiger partial charge in [-0.1, -0.05) is 92.2 Å². The fourth-order valence-corrected chi connectivity index (χ4v) is 6.06. The van der Waals surface area contributed by atoms with Gasteiger partial charge in [-0.2, -0.15) is 0 Å². The summed E-state index contributed by atoms with van der Waals surface area (Å²) in [7, 11) is 1.66. The maximum atomic E-state index is 12.5. The first kappa shape index (κ1) is 47.0. The number of nitrogens with zero attached hydrogens (tertiary/aromatic N) is 3. The van der Waals surface area contributed by atoms with E-state index in [0.717, 1.165) is 52.7 Å². The molecule has 0 saturated heterocycles. The normalized spacial score (nSPS) is 10.7. The van der Waals surface area contributed by atoms with E-state index in [1.54, 1.807) is 32.9 Å². The summed E-state index contributed by atoms with van der Waals surface area (Å²) in [6.45, 7) is 17.3. The Morgan fingerprint density at radius 1 is 0.778 bits per heavy atom. The Morgan fingerprint density at radius 3 is 1.70 bits per heavy atom. The lowest BCUT2D eigenvalue weighted by Gasteiger charge is -2.36. The molecule has 0 aromatic heterocycles. The Bertz CT molecular complexity index is 1640. The van der Waals surface area contributed by atoms with Crippen LogP contribution in [0, 0.1) is 38.5 Å². The van der Waals surface area contributed by atoms with Gasteiger partial charge in [0, 0.05) is 35.7 Å². The minimum absolute atomic E-state index is 0.413. The van der Waals surface area contributed by atoms with Gasteiger partial charge < -0.3 is 14.6 Å². The predicted octanol–water partition coefficient (Wildman–Crippen LogP) is 10.7. The van der Waals surface area contributed by atoms with Crippen molar-refractivity contribution in [3.63, 3.8) is 0 Å². The van der Waals surface area contributed by atoms with E-state index in [2.05, 4.69) is 99.3 Å². The third-order valence-electron chi connectivity index (χ3n) is 7.30. The molecule has 4 aromatic carbocycles. The Morgan fingerprint density at radius 2 is 1.28 bits per heavy atom. The van der Waals surface area contributed by atoms with Gasteiger partial charge in [-0.15, -0.1) is 25.7 Å². The van der Waals surface area contributed by atoms with Crippen LogP contribution in [0.3, 0.4) is 0 Å². The maximum absolute atomic E-state index is 12.5. The van der Waals surface area contributed by atoms with E-state index in [1.165, 1.54) is 10.5 Å². The summed E-state index contributed by atoms with van der Waals surface area (Å²) in [5.74, 6) is 1.35. The van der Waals surface area contributed by atoms with Crippen molar-refractivity contribution in [2.24, 2.45) is 10.9 Å². The maximum Gasteiger partial charge on any atom is 0.412 e. The molecule has 0 saturated carbocycles. The number of aryl methyl sites for hydroxylation is 1. The zero-order chi connectivity index (χ0) is 40.7. The summed E-state index contributed by atoms with van der Waals surface area (Å²) in [6, 6.07) is 36.9. The molecule has 0 radical (unpaired) electrons. The van der Waals surface area contributed by atoms with Crippen LogP contribution < -0.4 is 4.74 Å². The first-order valence-corrected chi connectivity index (χ1v) is 18.6. The van der Waals surface area contributed by atoms with Gasteiger partial charge in [0.2, 0.25) is 0 Å². The molecule has 0 heterocycles. The molecule has 0 aliphatic rings. The molecular weight excluding hydrogens is 691 g/mol. The average Bonchev–Trinajstić information content (AvgIpc) is 3.14. The summed E-state index contributed by atoms with van der Waals surface area (Å²) in [5.41, 5.74) is 3.59. The smallest absolute Gasteiger partial charge is 0.412 e. The number of aliphatic imine (C=N–C) groups is 1.